The molecule has 23 heavy (non-hydrogen) atoms. The Morgan fingerprint density at radius 2 is 1.91 bits per heavy atom. The molecular weight excluding hydrogens is 304 g/mol. The van der Waals surface area contributed by atoms with Gasteiger partial charge in [0, 0.05) is 11.4 Å². The standard InChI is InChI=1S/C19H16N2OS/c1-23-15-8-6-13(7-9-15)12-14-10-11-21-17-5-3-2-4-16(17)19(22)20-18(14)21/h2-9,12H,10-11H2,1H3. The van der Waals surface area contributed by atoms with E-state index in [4.69, 9.17) is 0 Å². The van der Waals surface area contributed by atoms with Crippen molar-refractivity contribution < 1.29 is 0 Å². The third-order valence-electron chi connectivity index (χ3n) is 4.24. The van der Waals surface area contributed by atoms with Gasteiger partial charge < -0.3 is 4.57 Å². The van der Waals surface area contributed by atoms with Gasteiger partial charge in [-0.25, -0.2) is 0 Å². The molecule has 3 nitrogen and oxygen atoms in total. The summed E-state index contributed by atoms with van der Waals surface area (Å²) in [7, 11) is 0. The van der Waals surface area contributed by atoms with Gasteiger partial charge in [0.25, 0.3) is 5.56 Å². The lowest BCUT2D eigenvalue weighted by atomic mass is 10.1. The fourth-order valence-electron chi connectivity index (χ4n) is 3.07. The van der Waals surface area contributed by atoms with Crippen molar-refractivity contribution in [3.05, 3.63) is 70.3 Å². The van der Waals surface area contributed by atoms with Gasteiger partial charge in [-0.1, -0.05) is 24.3 Å². The second-order valence-electron chi connectivity index (χ2n) is 5.60. The van der Waals surface area contributed by atoms with Gasteiger partial charge in [-0.2, -0.15) is 4.98 Å². The van der Waals surface area contributed by atoms with Crippen LogP contribution in [-0.2, 0) is 6.54 Å². The lowest BCUT2D eigenvalue weighted by Crippen LogP contribution is -2.14. The molecule has 0 saturated carbocycles. The van der Waals surface area contributed by atoms with Crippen LogP contribution in [0.25, 0.3) is 22.6 Å². The highest BCUT2D eigenvalue weighted by molar-refractivity contribution is 7.98. The Balaban J connectivity index is 1.83. The van der Waals surface area contributed by atoms with Crippen LogP contribution in [0, 0.1) is 0 Å². The molecule has 0 spiro atoms. The van der Waals surface area contributed by atoms with Crippen LogP contribution < -0.4 is 5.56 Å². The zero-order chi connectivity index (χ0) is 15.8. The number of aryl methyl sites for hydroxylation is 1. The molecule has 0 bridgehead atoms. The SMILES string of the molecule is CSc1ccc(C=C2CCn3c2nc(=O)c2ccccc23)cc1. The second-order valence-corrected chi connectivity index (χ2v) is 6.48. The number of thioether (sulfide) groups is 1. The largest absolute Gasteiger partial charge is 0.325 e. The number of aromatic nitrogens is 2. The Kier molecular flexibility index (Phi) is 3.54. The molecule has 0 amide bonds. The Labute approximate surface area is 138 Å². The Morgan fingerprint density at radius 3 is 2.70 bits per heavy atom. The van der Waals surface area contributed by atoms with Crippen molar-refractivity contribution in [1.82, 2.24) is 9.55 Å². The van der Waals surface area contributed by atoms with E-state index >= 15 is 0 Å². The highest BCUT2D eigenvalue weighted by Crippen LogP contribution is 2.29. The molecule has 0 saturated heterocycles. The number of hydrogen-bond acceptors (Lipinski definition) is 3. The Hall–Kier alpha value is -2.33. The molecule has 0 N–H and O–H groups in total. The third-order valence-corrected chi connectivity index (χ3v) is 4.98. The summed E-state index contributed by atoms with van der Waals surface area (Å²) < 4.78 is 2.15. The number of rotatable bonds is 2. The van der Waals surface area contributed by atoms with Crippen LogP contribution >= 0.6 is 11.8 Å². The predicted octanol–water partition coefficient (Wildman–Crippen LogP) is 4.06. The number of nitrogens with zero attached hydrogens (tertiary/aromatic N) is 2. The van der Waals surface area contributed by atoms with E-state index in [1.165, 1.54) is 4.90 Å². The minimum absolute atomic E-state index is 0.141. The lowest BCUT2D eigenvalue weighted by molar-refractivity contribution is 0.772. The lowest BCUT2D eigenvalue weighted by Gasteiger charge is -2.07. The zero-order valence-corrected chi connectivity index (χ0v) is 13.6. The van der Waals surface area contributed by atoms with Crippen LogP contribution in [0.4, 0.5) is 0 Å². The maximum absolute atomic E-state index is 12.3. The van der Waals surface area contributed by atoms with E-state index in [0.29, 0.717) is 5.39 Å². The number of allylic oxidation sites excluding steroid dienone is 1. The summed E-state index contributed by atoms with van der Waals surface area (Å²) in [6, 6.07) is 16.2. The zero-order valence-electron chi connectivity index (χ0n) is 12.8. The minimum Gasteiger partial charge on any atom is -0.325 e. The van der Waals surface area contributed by atoms with Crippen molar-refractivity contribution in [2.75, 3.05) is 6.26 Å². The molecule has 2 aromatic carbocycles. The van der Waals surface area contributed by atoms with Gasteiger partial charge >= 0.3 is 0 Å². The molecule has 4 heteroatoms. The van der Waals surface area contributed by atoms with Crippen LogP contribution in [0.3, 0.4) is 0 Å². The van der Waals surface area contributed by atoms with E-state index in [1.807, 2.05) is 24.3 Å². The normalized spacial score (nSPS) is 15.3. The van der Waals surface area contributed by atoms with Crippen LogP contribution in [0.15, 0.2) is 58.2 Å². The van der Waals surface area contributed by atoms with Crippen molar-refractivity contribution in [3.8, 4) is 0 Å². The third kappa shape index (κ3) is 2.49. The summed E-state index contributed by atoms with van der Waals surface area (Å²) in [6.45, 7) is 0.873. The van der Waals surface area contributed by atoms with Gasteiger partial charge in [-0.05, 0) is 54.2 Å². The maximum atomic E-state index is 12.3. The van der Waals surface area contributed by atoms with Crippen molar-refractivity contribution in [3.63, 3.8) is 0 Å². The fraction of sp³-hybridized carbons (Fsp3) is 0.158. The van der Waals surface area contributed by atoms with E-state index in [0.717, 1.165) is 35.4 Å². The molecule has 0 atom stereocenters. The predicted molar refractivity (Wildman–Crippen MR) is 96.7 cm³/mol. The van der Waals surface area contributed by atoms with Gasteiger partial charge in [0.05, 0.1) is 10.9 Å². The van der Waals surface area contributed by atoms with E-state index in [-0.39, 0.29) is 5.56 Å². The molecule has 0 unspecified atom stereocenters. The van der Waals surface area contributed by atoms with Crippen molar-refractivity contribution in [1.29, 1.82) is 0 Å². The van der Waals surface area contributed by atoms with Crippen LogP contribution in [0.1, 0.15) is 17.8 Å². The molecule has 1 aliphatic rings. The van der Waals surface area contributed by atoms with Gasteiger partial charge in [0.2, 0.25) is 0 Å². The van der Waals surface area contributed by atoms with Crippen molar-refractivity contribution in [2.45, 2.75) is 17.9 Å². The monoisotopic (exact) mass is 320 g/mol. The quantitative estimate of drug-likeness (QED) is 0.668. The van der Waals surface area contributed by atoms with Gasteiger partial charge in [0.1, 0.15) is 5.82 Å². The van der Waals surface area contributed by atoms with E-state index in [1.54, 1.807) is 11.8 Å². The van der Waals surface area contributed by atoms with E-state index in [9.17, 15) is 4.79 Å². The Bertz CT molecular complexity index is 971. The first-order chi connectivity index (χ1) is 11.3. The number of para-hydroxylation sites is 1. The number of hydrogen-bond donors (Lipinski definition) is 0. The van der Waals surface area contributed by atoms with E-state index < -0.39 is 0 Å². The fourth-order valence-corrected chi connectivity index (χ4v) is 3.48. The van der Waals surface area contributed by atoms with Gasteiger partial charge in [-0.3, -0.25) is 4.79 Å². The summed E-state index contributed by atoms with van der Waals surface area (Å²) in [5, 5.41) is 0.696. The molecule has 0 radical (unpaired) electrons. The van der Waals surface area contributed by atoms with Crippen LogP contribution in [0.2, 0.25) is 0 Å². The topological polar surface area (TPSA) is 34.9 Å². The second kappa shape index (κ2) is 5.70. The average Bonchev–Trinajstić information content (AvgIpc) is 2.99. The molecule has 2 heterocycles. The summed E-state index contributed by atoms with van der Waals surface area (Å²) >= 11 is 1.73. The number of fused-ring (bicyclic) bond motifs is 3. The highest BCUT2D eigenvalue weighted by Gasteiger charge is 2.20. The van der Waals surface area contributed by atoms with Crippen molar-refractivity contribution >= 4 is 34.3 Å². The highest BCUT2D eigenvalue weighted by atomic mass is 32.2. The Morgan fingerprint density at radius 1 is 1.13 bits per heavy atom. The smallest absolute Gasteiger partial charge is 0.281 e. The summed E-state index contributed by atoms with van der Waals surface area (Å²) in [4.78, 5) is 17.8. The molecule has 114 valence electrons. The molecular formula is C19H16N2OS. The summed E-state index contributed by atoms with van der Waals surface area (Å²) in [5.74, 6) is 0.808. The van der Waals surface area contributed by atoms with E-state index in [2.05, 4.69) is 46.1 Å². The summed E-state index contributed by atoms with van der Waals surface area (Å²) in [5.41, 5.74) is 3.11. The molecule has 1 aliphatic heterocycles. The maximum Gasteiger partial charge on any atom is 0.281 e. The van der Waals surface area contributed by atoms with Gasteiger partial charge in [0.15, 0.2) is 0 Å². The molecule has 1 aromatic heterocycles. The van der Waals surface area contributed by atoms with Crippen LogP contribution in [0.5, 0.6) is 0 Å². The molecule has 4 rings (SSSR count). The minimum atomic E-state index is -0.141. The first kappa shape index (κ1) is 14.3. The van der Waals surface area contributed by atoms with Crippen LogP contribution in [-0.4, -0.2) is 15.8 Å². The first-order valence-corrected chi connectivity index (χ1v) is 8.83. The molecule has 0 aliphatic carbocycles. The molecule has 0 fully saturated rings. The molecule has 3 aromatic rings. The van der Waals surface area contributed by atoms with Crippen molar-refractivity contribution in [2.24, 2.45) is 0 Å². The average molecular weight is 320 g/mol. The van der Waals surface area contributed by atoms with Gasteiger partial charge in [-0.15, -0.1) is 11.8 Å². The first-order valence-electron chi connectivity index (χ1n) is 7.61. The number of benzene rings is 2. The summed E-state index contributed by atoms with van der Waals surface area (Å²) in [6.07, 6.45) is 5.12.